The quantitative estimate of drug-likeness (QED) is 0.527. The lowest BCUT2D eigenvalue weighted by atomic mass is 9.96. The Kier molecular flexibility index (Phi) is 4.39. The number of hydrogen-bond acceptors (Lipinski definition) is 6. The van der Waals surface area contributed by atoms with Crippen molar-refractivity contribution < 1.29 is 9.47 Å². The number of rotatable bonds is 4. The lowest BCUT2D eigenvalue weighted by Gasteiger charge is -2.15. The van der Waals surface area contributed by atoms with Crippen LogP contribution in [0.3, 0.4) is 0 Å². The molecule has 0 aliphatic carbocycles. The van der Waals surface area contributed by atoms with Gasteiger partial charge in [-0.25, -0.2) is 4.98 Å². The van der Waals surface area contributed by atoms with E-state index >= 15 is 0 Å². The molecule has 0 fully saturated rings. The van der Waals surface area contributed by atoms with Gasteiger partial charge >= 0.3 is 0 Å². The minimum Gasteiger partial charge on any atom is -0.497 e. The molecule has 0 aliphatic rings. The van der Waals surface area contributed by atoms with E-state index in [4.69, 9.17) is 20.9 Å². The van der Waals surface area contributed by atoms with Crippen LogP contribution in [0.2, 0.25) is 0 Å². The SMILES string of the molecule is COc1ccc(Cc2c(N)cnc3c(N)nc4cc(C)ccc4c23)c(OC)c1. The summed E-state index contributed by atoms with van der Waals surface area (Å²) in [6.45, 7) is 2.03. The highest BCUT2D eigenvalue weighted by molar-refractivity contribution is 6.11. The Labute approximate surface area is 163 Å². The second-order valence-electron chi connectivity index (χ2n) is 6.79. The van der Waals surface area contributed by atoms with Crippen LogP contribution >= 0.6 is 0 Å². The van der Waals surface area contributed by atoms with Gasteiger partial charge in [0.15, 0.2) is 5.82 Å². The molecule has 6 heteroatoms. The topological polar surface area (TPSA) is 96.3 Å². The Morgan fingerprint density at radius 1 is 1.00 bits per heavy atom. The van der Waals surface area contributed by atoms with Crippen molar-refractivity contribution >= 4 is 33.3 Å². The van der Waals surface area contributed by atoms with Gasteiger partial charge in [-0.2, -0.15) is 0 Å². The van der Waals surface area contributed by atoms with Crippen molar-refractivity contribution in [2.45, 2.75) is 13.3 Å². The summed E-state index contributed by atoms with van der Waals surface area (Å²) in [5.74, 6) is 1.88. The summed E-state index contributed by atoms with van der Waals surface area (Å²) in [5.41, 5.74) is 17.8. The molecule has 142 valence electrons. The average Bonchev–Trinajstić information content (AvgIpc) is 2.69. The Morgan fingerprint density at radius 2 is 1.82 bits per heavy atom. The highest BCUT2D eigenvalue weighted by atomic mass is 16.5. The van der Waals surface area contributed by atoms with Crippen LogP contribution in [-0.2, 0) is 6.42 Å². The molecule has 0 unspecified atom stereocenters. The van der Waals surface area contributed by atoms with Crippen molar-refractivity contribution in [1.82, 2.24) is 9.97 Å². The number of aryl methyl sites for hydroxylation is 1. The smallest absolute Gasteiger partial charge is 0.150 e. The van der Waals surface area contributed by atoms with Crippen molar-refractivity contribution in [2.24, 2.45) is 0 Å². The van der Waals surface area contributed by atoms with Crippen molar-refractivity contribution in [3.63, 3.8) is 0 Å². The van der Waals surface area contributed by atoms with Gasteiger partial charge in [0.2, 0.25) is 0 Å². The van der Waals surface area contributed by atoms with E-state index in [2.05, 4.69) is 22.1 Å². The molecule has 4 rings (SSSR count). The van der Waals surface area contributed by atoms with Gasteiger partial charge < -0.3 is 20.9 Å². The Morgan fingerprint density at radius 3 is 2.57 bits per heavy atom. The number of nitrogens with two attached hydrogens (primary N) is 2. The highest BCUT2D eigenvalue weighted by Crippen LogP contribution is 2.35. The van der Waals surface area contributed by atoms with E-state index in [0.29, 0.717) is 23.4 Å². The first-order chi connectivity index (χ1) is 13.5. The number of ether oxygens (including phenoxy) is 2. The molecule has 2 aromatic carbocycles. The maximum absolute atomic E-state index is 6.36. The molecule has 0 saturated heterocycles. The summed E-state index contributed by atoms with van der Waals surface area (Å²) in [7, 11) is 3.28. The molecule has 0 saturated carbocycles. The zero-order valence-electron chi connectivity index (χ0n) is 16.1. The molecular weight excluding hydrogens is 352 g/mol. The number of benzene rings is 2. The number of nitrogen functional groups attached to an aromatic ring is 2. The third-order valence-corrected chi connectivity index (χ3v) is 4.99. The number of methoxy groups -OCH3 is 2. The van der Waals surface area contributed by atoms with Crippen LogP contribution in [0.25, 0.3) is 21.8 Å². The molecule has 4 N–H and O–H groups in total. The molecule has 0 bridgehead atoms. The van der Waals surface area contributed by atoms with E-state index in [-0.39, 0.29) is 0 Å². The van der Waals surface area contributed by atoms with Gasteiger partial charge in [0.05, 0.1) is 31.6 Å². The third-order valence-electron chi connectivity index (χ3n) is 4.99. The van der Waals surface area contributed by atoms with Crippen LogP contribution in [0.15, 0.2) is 42.6 Å². The monoisotopic (exact) mass is 374 g/mol. The van der Waals surface area contributed by atoms with Crippen LogP contribution in [0, 0.1) is 6.92 Å². The Balaban J connectivity index is 1.99. The third kappa shape index (κ3) is 2.93. The van der Waals surface area contributed by atoms with Gasteiger partial charge in [0.1, 0.15) is 17.0 Å². The number of hydrogen-bond donors (Lipinski definition) is 2. The number of fused-ring (bicyclic) bond motifs is 3. The predicted molar refractivity (Wildman–Crippen MR) is 113 cm³/mol. The minimum absolute atomic E-state index is 0.399. The second kappa shape index (κ2) is 6.88. The van der Waals surface area contributed by atoms with E-state index in [1.807, 2.05) is 31.2 Å². The molecule has 0 amide bonds. The van der Waals surface area contributed by atoms with Crippen LogP contribution in [0.5, 0.6) is 11.5 Å². The summed E-state index contributed by atoms with van der Waals surface area (Å²) in [6, 6.07) is 11.9. The summed E-state index contributed by atoms with van der Waals surface area (Å²) in [6.07, 6.45) is 2.22. The largest absolute Gasteiger partial charge is 0.497 e. The molecular formula is C22H22N4O2. The summed E-state index contributed by atoms with van der Waals surface area (Å²) < 4.78 is 10.9. The van der Waals surface area contributed by atoms with Crippen molar-refractivity contribution in [3.8, 4) is 11.5 Å². The number of pyridine rings is 2. The first kappa shape index (κ1) is 17.9. The van der Waals surface area contributed by atoms with Gasteiger partial charge in [0.25, 0.3) is 0 Å². The fourth-order valence-electron chi connectivity index (χ4n) is 3.56. The van der Waals surface area contributed by atoms with Crippen LogP contribution in [0.4, 0.5) is 11.5 Å². The highest BCUT2D eigenvalue weighted by Gasteiger charge is 2.16. The van der Waals surface area contributed by atoms with Gasteiger partial charge in [-0.15, -0.1) is 0 Å². The summed E-state index contributed by atoms with van der Waals surface area (Å²) in [4.78, 5) is 8.99. The first-order valence-corrected chi connectivity index (χ1v) is 8.95. The van der Waals surface area contributed by atoms with Gasteiger partial charge in [-0.05, 0) is 35.7 Å². The van der Waals surface area contributed by atoms with Crippen LogP contribution in [0.1, 0.15) is 16.7 Å². The van der Waals surface area contributed by atoms with Gasteiger partial charge in [-0.3, -0.25) is 4.98 Å². The lowest BCUT2D eigenvalue weighted by Crippen LogP contribution is -2.04. The zero-order chi connectivity index (χ0) is 19.8. The normalized spacial score (nSPS) is 11.1. The summed E-state index contributed by atoms with van der Waals surface area (Å²) in [5, 5.41) is 1.91. The van der Waals surface area contributed by atoms with Crippen LogP contribution < -0.4 is 20.9 Å². The molecule has 28 heavy (non-hydrogen) atoms. The fourth-order valence-corrected chi connectivity index (χ4v) is 3.56. The van der Waals surface area contributed by atoms with Gasteiger partial charge in [-0.1, -0.05) is 18.2 Å². The minimum atomic E-state index is 0.399. The molecule has 4 aromatic rings. The van der Waals surface area contributed by atoms with E-state index in [1.54, 1.807) is 20.4 Å². The maximum Gasteiger partial charge on any atom is 0.150 e. The average molecular weight is 374 g/mol. The summed E-state index contributed by atoms with van der Waals surface area (Å²) >= 11 is 0. The lowest BCUT2D eigenvalue weighted by molar-refractivity contribution is 0.391. The predicted octanol–water partition coefficient (Wildman–Crippen LogP) is 3.86. The van der Waals surface area contributed by atoms with E-state index in [0.717, 1.165) is 44.5 Å². The zero-order valence-corrected chi connectivity index (χ0v) is 16.1. The second-order valence-corrected chi connectivity index (χ2v) is 6.79. The first-order valence-electron chi connectivity index (χ1n) is 8.95. The number of aromatic nitrogens is 2. The van der Waals surface area contributed by atoms with E-state index < -0.39 is 0 Å². The van der Waals surface area contributed by atoms with Crippen molar-refractivity contribution in [1.29, 1.82) is 0 Å². The molecule has 0 atom stereocenters. The fraction of sp³-hybridized carbons (Fsp3) is 0.182. The van der Waals surface area contributed by atoms with E-state index in [9.17, 15) is 0 Å². The molecule has 0 spiro atoms. The standard InChI is InChI=1S/C22H22N4O2/c1-12-4-7-15-18(8-12)26-22(24)21-20(15)16(17(23)11-25-21)9-13-5-6-14(27-2)10-19(13)28-3/h4-8,10-11H,9,23H2,1-3H3,(H2,24,26). The molecule has 2 heterocycles. The van der Waals surface area contributed by atoms with Crippen molar-refractivity contribution in [2.75, 3.05) is 25.7 Å². The van der Waals surface area contributed by atoms with Gasteiger partial charge in [0, 0.05) is 23.3 Å². The number of anilines is 2. The number of nitrogens with zero attached hydrogens (tertiary/aromatic N) is 2. The molecule has 0 radical (unpaired) electrons. The molecule has 0 aliphatic heterocycles. The van der Waals surface area contributed by atoms with Crippen molar-refractivity contribution in [3.05, 3.63) is 59.3 Å². The van der Waals surface area contributed by atoms with Crippen LogP contribution in [-0.4, -0.2) is 24.2 Å². The Bertz CT molecular complexity index is 1200. The maximum atomic E-state index is 6.36. The molecule has 2 aromatic heterocycles. The molecule has 6 nitrogen and oxygen atoms in total. The van der Waals surface area contributed by atoms with E-state index in [1.165, 1.54) is 0 Å². The Hall–Kier alpha value is -3.54.